The molecule has 0 saturated heterocycles. The minimum atomic E-state index is -0.750. The van der Waals surface area contributed by atoms with Crippen molar-refractivity contribution in [2.24, 2.45) is 5.92 Å². The Kier molecular flexibility index (Phi) is 10.2. The standard InChI is InChI=1S/C14H28N2O3/c1-4-11(3)16-10-13(17)15-9-8-12(5-2)6-7-14(18)19/h11-12,16H,4-10H2,1-3H3,(H,15,17)(H,18,19). The van der Waals surface area contributed by atoms with Crippen LogP contribution >= 0.6 is 0 Å². The van der Waals surface area contributed by atoms with Gasteiger partial charge in [-0.15, -0.1) is 0 Å². The molecule has 0 rings (SSSR count). The van der Waals surface area contributed by atoms with Crippen molar-refractivity contribution >= 4 is 11.9 Å². The smallest absolute Gasteiger partial charge is 0.303 e. The molecule has 0 aromatic rings. The molecule has 0 heterocycles. The molecule has 112 valence electrons. The molecule has 19 heavy (non-hydrogen) atoms. The molecule has 0 bridgehead atoms. The van der Waals surface area contributed by atoms with E-state index >= 15 is 0 Å². The molecule has 0 aliphatic rings. The van der Waals surface area contributed by atoms with Gasteiger partial charge in [0, 0.05) is 19.0 Å². The van der Waals surface area contributed by atoms with Gasteiger partial charge in [0.15, 0.2) is 0 Å². The van der Waals surface area contributed by atoms with Gasteiger partial charge in [-0.25, -0.2) is 0 Å². The van der Waals surface area contributed by atoms with Crippen molar-refractivity contribution in [2.45, 2.75) is 58.9 Å². The highest BCUT2D eigenvalue weighted by Gasteiger charge is 2.10. The normalized spacial score (nSPS) is 13.8. The van der Waals surface area contributed by atoms with Gasteiger partial charge >= 0.3 is 5.97 Å². The van der Waals surface area contributed by atoms with E-state index in [1.165, 1.54) is 0 Å². The zero-order valence-electron chi connectivity index (χ0n) is 12.4. The van der Waals surface area contributed by atoms with Gasteiger partial charge in [-0.1, -0.05) is 20.3 Å². The van der Waals surface area contributed by atoms with E-state index in [0.717, 1.165) is 19.3 Å². The highest BCUT2D eigenvalue weighted by molar-refractivity contribution is 5.77. The van der Waals surface area contributed by atoms with Gasteiger partial charge in [-0.2, -0.15) is 0 Å². The molecule has 5 heteroatoms. The molecule has 0 aliphatic carbocycles. The van der Waals surface area contributed by atoms with E-state index < -0.39 is 5.97 Å². The third-order valence-electron chi connectivity index (χ3n) is 3.44. The summed E-state index contributed by atoms with van der Waals surface area (Å²) in [4.78, 5) is 22.0. The Hall–Kier alpha value is -1.10. The molecule has 0 aliphatic heterocycles. The fourth-order valence-electron chi connectivity index (χ4n) is 1.77. The average molecular weight is 272 g/mol. The zero-order valence-corrected chi connectivity index (χ0v) is 12.4. The molecule has 2 atom stereocenters. The van der Waals surface area contributed by atoms with Crippen molar-refractivity contribution in [3.63, 3.8) is 0 Å². The van der Waals surface area contributed by atoms with Crippen LogP contribution in [0.5, 0.6) is 0 Å². The first-order valence-corrected chi connectivity index (χ1v) is 7.21. The predicted octanol–water partition coefficient (Wildman–Crippen LogP) is 1.77. The SMILES string of the molecule is CCC(CCNC(=O)CNC(C)CC)CCC(=O)O. The molecule has 0 saturated carbocycles. The van der Waals surface area contributed by atoms with E-state index in [1.807, 2.05) is 6.92 Å². The Morgan fingerprint density at radius 2 is 1.84 bits per heavy atom. The molecule has 0 radical (unpaired) electrons. The maximum Gasteiger partial charge on any atom is 0.303 e. The maximum atomic E-state index is 11.5. The van der Waals surface area contributed by atoms with Gasteiger partial charge in [-0.3, -0.25) is 9.59 Å². The van der Waals surface area contributed by atoms with Crippen LogP contribution in [0.4, 0.5) is 0 Å². The minimum absolute atomic E-state index is 0.00777. The predicted molar refractivity (Wildman–Crippen MR) is 76.0 cm³/mol. The van der Waals surface area contributed by atoms with Crippen LogP contribution in [-0.4, -0.2) is 36.1 Å². The summed E-state index contributed by atoms with van der Waals surface area (Å²) in [5, 5.41) is 14.6. The Morgan fingerprint density at radius 3 is 2.37 bits per heavy atom. The van der Waals surface area contributed by atoms with Gasteiger partial charge in [0.05, 0.1) is 6.54 Å². The summed E-state index contributed by atoms with van der Waals surface area (Å²) in [6, 6.07) is 0.352. The molecule has 1 amide bonds. The van der Waals surface area contributed by atoms with Gasteiger partial charge in [0.1, 0.15) is 0 Å². The van der Waals surface area contributed by atoms with Crippen LogP contribution in [0.2, 0.25) is 0 Å². The largest absolute Gasteiger partial charge is 0.481 e. The second-order valence-corrected chi connectivity index (χ2v) is 5.04. The van der Waals surface area contributed by atoms with Gasteiger partial charge < -0.3 is 15.7 Å². The zero-order chi connectivity index (χ0) is 14.7. The van der Waals surface area contributed by atoms with Crippen LogP contribution in [0.25, 0.3) is 0 Å². The number of aliphatic carboxylic acids is 1. The van der Waals surface area contributed by atoms with E-state index in [-0.39, 0.29) is 12.3 Å². The first-order valence-electron chi connectivity index (χ1n) is 7.21. The lowest BCUT2D eigenvalue weighted by molar-refractivity contribution is -0.137. The second kappa shape index (κ2) is 10.8. The van der Waals surface area contributed by atoms with Crippen LogP contribution in [-0.2, 0) is 9.59 Å². The van der Waals surface area contributed by atoms with E-state index in [1.54, 1.807) is 0 Å². The van der Waals surface area contributed by atoms with Gasteiger partial charge in [-0.05, 0) is 32.1 Å². The summed E-state index contributed by atoms with van der Waals surface area (Å²) in [5.41, 5.74) is 0. The number of amides is 1. The number of carboxylic acid groups (broad SMARTS) is 1. The first-order chi connectivity index (χ1) is 8.99. The summed E-state index contributed by atoms with van der Waals surface area (Å²) < 4.78 is 0. The molecule has 0 aromatic heterocycles. The lowest BCUT2D eigenvalue weighted by Crippen LogP contribution is -2.38. The third-order valence-corrected chi connectivity index (χ3v) is 3.44. The van der Waals surface area contributed by atoms with Crippen LogP contribution in [0.1, 0.15) is 52.9 Å². The minimum Gasteiger partial charge on any atom is -0.481 e. The summed E-state index contributed by atoms with van der Waals surface area (Å²) in [7, 11) is 0. The second-order valence-electron chi connectivity index (χ2n) is 5.04. The fraction of sp³-hybridized carbons (Fsp3) is 0.857. The number of carbonyl (C=O) groups is 2. The summed E-state index contributed by atoms with van der Waals surface area (Å²) in [5.74, 6) is -0.368. The highest BCUT2D eigenvalue weighted by atomic mass is 16.4. The monoisotopic (exact) mass is 272 g/mol. The first kappa shape index (κ1) is 17.9. The van der Waals surface area contributed by atoms with Crippen LogP contribution in [0, 0.1) is 5.92 Å². The summed E-state index contributed by atoms with van der Waals surface area (Å²) in [6.45, 7) is 7.15. The lowest BCUT2D eigenvalue weighted by Gasteiger charge is -2.15. The third kappa shape index (κ3) is 10.5. The molecule has 3 N–H and O–H groups in total. The quantitative estimate of drug-likeness (QED) is 0.535. The molecular formula is C14H28N2O3. The highest BCUT2D eigenvalue weighted by Crippen LogP contribution is 2.14. The molecule has 0 aromatic carbocycles. The number of hydrogen-bond acceptors (Lipinski definition) is 3. The van der Waals surface area contributed by atoms with Crippen molar-refractivity contribution in [1.82, 2.24) is 10.6 Å². The van der Waals surface area contributed by atoms with E-state index in [2.05, 4.69) is 24.5 Å². The van der Waals surface area contributed by atoms with Crippen LogP contribution in [0.3, 0.4) is 0 Å². The van der Waals surface area contributed by atoms with Crippen molar-refractivity contribution in [2.75, 3.05) is 13.1 Å². The van der Waals surface area contributed by atoms with E-state index in [0.29, 0.717) is 31.5 Å². The molecule has 5 nitrogen and oxygen atoms in total. The fourth-order valence-corrected chi connectivity index (χ4v) is 1.77. The summed E-state index contributed by atoms with van der Waals surface area (Å²) in [6.07, 6.45) is 3.70. The van der Waals surface area contributed by atoms with Crippen molar-refractivity contribution in [1.29, 1.82) is 0 Å². The van der Waals surface area contributed by atoms with Crippen molar-refractivity contribution in [3.8, 4) is 0 Å². The van der Waals surface area contributed by atoms with Crippen molar-refractivity contribution in [3.05, 3.63) is 0 Å². The Morgan fingerprint density at radius 1 is 1.16 bits per heavy atom. The van der Waals surface area contributed by atoms with E-state index in [4.69, 9.17) is 5.11 Å². The van der Waals surface area contributed by atoms with Gasteiger partial charge in [0.2, 0.25) is 5.91 Å². The topological polar surface area (TPSA) is 78.4 Å². The number of carboxylic acids is 1. The Balaban J connectivity index is 3.68. The Labute approximate surface area is 116 Å². The molecule has 2 unspecified atom stereocenters. The van der Waals surface area contributed by atoms with Gasteiger partial charge in [0.25, 0.3) is 0 Å². The number of carbonyl (C=O) groups excluding carboxylic acids is 1. The van der Waals surface area contributed by atoms with Crippen molar-refractivity contribution < 1.29 is 14.7 Å². The average Bonchev–Trinajstić information content (AvgIpc) is 2.39. The number of hydrogen-bond donors (Lipinski definition) is 3. The molecule has 0 fully saturated rings. The maximum absolute atomic E-state index is 11.5. The number of nitrogens with one attached hydrogen (secondary N) is 2. The van der Waals surface area contributed by atoms with Crippen LogP contribution < -0.4 is 10.6 Å². The molecule has 0 spiro atoms. The lowest BCUT2D eigenvalue weighted by atomic mass is 9.97. The summed E-state index contributed by atoms with van der Waals surface area (Å²) >= 11 is 0. The molecular weight excluding hydrogens is 244 g/mol. The van der Waals surface area contributed by atoms with E-state index in [9.17, 15) is 9.59 Å². The number of rotatable bonds is 11. The van der Waals surface area contributed by atoms with Crippen LogP contribution in [0.15, 0.2) is 0 Å². The Bertz CT molecular complexity index is 269.